The van der Waals surface area contributed by atoms with Gasteiger partial charge in [-0.25, -0.2) is 0 Å². The van der Waals surface area contributed by atoms with Crippen LogP contribution in [0.5, 0.6) is 0 Å². The molecule has 1 aromatic heterocycles. The Morgan fingerprint density at radius 3 is 2.94 bits per heavy atom. The van der Waals surface area contributed by atoms with Gasteiger partial charge in [0, 0.05) is 21.8 Å². The predicted molar refractivity (Wildman–Crippen MR) is 66.2 cm³/mol. The van der Waals surface area contributed by atoms with E-state index in [9.17, 15) is 4.79 Å². The van der Waals surface area contributed by atoms with E-state index in [4.69, 9.17) is 10.3 Å². The summed E-state index contributed by atoms with van der Waals surface area (Å²) in [7, 11) is 0. The Morgan fingerprint density at radius 2 is 2.29 bits per heavy atom. The second-order valence-electron chi connectivity index (χ2n) is 3.40. The summed E-state index contributed by atoms with van der Waals surface area (Å²) in [6.45, 7) is 0.300. The lowest BCUT2D eigenvalue weighted by atomic mass is 10.2. The zero-order chi connectivity index (χ0) is 12.3. The van der Waals surface area contributed by atoms with E-state index in [1.165, 1.54) is 6.20 Å². The Balaban J connectivity index is 2.02. The van der Waals surface area contributed by atoms with Gasteiger partial charge in [0.05, 0.1) is 12.7 Å². The lowest BCUT2D eigenvalue weighted by molar-refractivity contribution is 0.0947. The lowest BCUT2D eigenvalue weighted by Gasteiger charge is -2.04. The summed E-state index contributed by atoms with van der Waals surface area (Å²) >= 11 is 3.27. The Kier molecular flexibility index (Phi) is 3.43. The first-order valence-electron chi connectivity index (χ1n) is 4.89. The first kappa shape index (κ1) is 11.7. The molecule has 6 heteroatoms. The number of anilines is 1. The largest absolute Gasteiger partial charge is 0.398 e. The molecule has 0 aliphatic heterocycles. The van der Waals surface area contributed by atoms with Crippen molar-refractivity contribution in [2.45, 2.75) is 6.54 Å². The maximum atomic E-state index is 11.8. The smallest absolute Gasteiger partial charge is 0.251 e. The number of aromatic nitrogens is 1. The molecule has 0 atom stereocenters. The molecular weight excluding hydrogens is 286 g/mol. The SMILES string of the molecule is Nc1cc(C(=O)NCc2ccno2)ccc1Br. The third-order valence-corrected chi connectivity index (χ3v) is 2.89. The number of nitrogens with zero attached hydrogens (tertiary/aromatic N) is 1. The van der Waals surface area contributed by atoms with Gasteiger partial charge in [-0.1, -0.05) is 5.16 Å². The van der Waals surface area contributed by atoms with Crippen LogP contribution in [-0.4, -0.2) is 11.1 Å². The third kappa shape index (κ3) is 2.85. The molecule has 0 aliphatic carbocycles. The summed E-state index contributed by atoms with van der Waals surface area (Å²) in [5, 5.41) is 6.25. The number of nitrogens with two attached hydrogens (primary N) is 1. The zero-order valence-electron chi connectivity index (χ0n) is 8.81. The van der Waals surface area contributed by atoms with Crippen LogP contribution < -0.4 is 11.1 Å². The molecule has 0 bridgehead atoms. The van der Waals surface area contributed by atoms with Gasteiger partial charge >= 0.3 is 0 Å². The highest BCUT2D eigenvalue weighted by Crippen LogP contribution is 2.20. The van der Waals surface area contributed by atoms with E-state index in [0.717, 1.165) is 4.47 Å². The number of carbonyl (C=O) groups excluding carboxylic acids is 1. The molecule has 0 spiro atoms. The van der Waals surface area contributed by atoms with Gasteiger partial charge in [0.1, 0.15) is 0 Å². The zero-order valence-corrected chi connectivity index (χ0v) is 10.4. The fourth-order valence-corrected chi connectivity index (χ4v) is 1.53. The van der Waals surface area contributed by atoms with Gasteiger partial charge in [0.2, 0.25) is 0 Å². The molecule has 0 fully saturated rings. The normalized spacial score (nSPS) is 10.2. The molecule has 2 aromatic rings. The van der Waals surface area contributed by atoms with E-state index in [1.807, 2.05) is 0 Å². The Morgan fingerprint density at radius 1 is 1.47 bits per heavy atom. The minimum Gasteiger partial charge on any atom is -0.398 e. The minimum absolute atomic E-state index is 0.208. The molecule has 1 amide bonds. The summed E-state index contributed by atoms with van der Waals surface area (Å²) < 4.78 is 5.63. The van der Waals surface area contributed by atoms with E-state index in [0.29, 0.717) is 23.6 Å². The molecule has 88 valence electrons. The molecule has 5 nitrogen and oxygen atoms in total. The van der Waals surface area contributed by atoms with Crippen LogP contribution in [-0.2, 0) is 6.54 Å². The fourth-order valence-electron chi connectivity index (χ4n) is 1.29. The Hall–Kier alpha value is -1.82. The topological polar surface area (TPSA) is 81.2 Å². The number of halogens is 1. The highest BCUT2D eigenvalue weighted by molar-refractivity contribution is 9.10. The number of hydrogen-bond donors (Lipinski definition) is 2. The average Bonchev–Trinajstić information content (AvgIpc) is 2.82. The summed E-state index contributed by atoms with van der Waals surface area (Å²) in [6.07, 6.45) is 1.53. The van der Waals surface area contributed by atoms with E-state index in [1.54, 1.807) is 24.3 Å². The van der Waals surface area contributed by atoms with Crippen LogP contribution in [0.1, 0.15) is 16.1 Å². The molecule has 0 saturated heterocycles. The Labute approximate surface area is 106 Å². The highest BCUT2D eigenvalue weighted by Gasteiger charge is 2.07. The third-order valence-electron chi connectivity index (χ3n) is 2.17. The number of amides is 1. The van der Waals surface area contributed by atoms with E-state index >= 15 is 0 Å². The van der Waals surface area contributed by atoms with E-state index in [2.05, 4.69) is 26.4 Å². The lowest BCUT2D eigenvalue weighted by Crippen LogP contribution is -2.22. The molecule has 2 rings (SSSR count). The predicted octanol–water partition coefficient (Wildman–Crippen LogP) is 1.95. The maximum absolute atomic E-state index is 11.8. The number of rotatable bonds is 3. The van der Waals surface area contributed by atoms with Crippen LogP contribution in [0.25, 0.3) is 0 Å². The van der Waals surface area contributed by atoms with Gasteiger partial charge in [-0.15, -0.1) is 0 Å². The van der Waals surface area contributed by atoms with Crippen molar-refractivity contribution in [1.29, 1.82) is 0 Å². The number of carbonyl (C=O) groups is 1. The molecule has 1 heterocycles. The quantitative estimate of drug-likeness (QED) is 0.848. The van der Waals surface area contributed by atoms with Crippen LogP contribution in [0.2, 0.25) is 0 Å². The van der Waals surface area contributed by atoms with Gasteiger partial charge in [0.25, 0.3) is 5.91 Å². The second kappa shape index (κ2) is 5.01. The van der Waals surface area contributed by atoms with Crippen LogP contribution in [0, 0.1) is 0 Å². The van der Waals surface area contributed by atoms with Crippen molar-refractivity contribution < 1.29 is 9.32 Å². The van der Waals surface area contributed by atoms with Crippen LogP contribution in [0.3, 0.4) is 0 Å². The number of benzene rings is 1. The van der Waals surface area contributed by atoms with Crippen LogP contribution >= 0.6 is 15.9 Å². The summed E-state index contributed by atoms with van der Waals surface area (Å²) in [5.41, 5.74) is 6.72. The van der Waals surface area contributed by atoms with E-state index in [-0.39, 0.29) is 5.91 Å². The van der Waals surface area contributed by atoms with Crippen molar-refractivity contribution in [3.63, 3.8) is 0 Å². The minimum atomic E-state index is -0.208. The van der Waals surface area contributed by atoms with Crippen molar-refractivity contribution in [3.8, 4) is 0 Å². The first-order chi connectivity index (χ1) is 8.16. The maximum Gasteiger partial charge on any atom is 0.251 e. The van der Waals surface area contributed by atoms with Crippen LogP contribution in [0.15, 0.2) is 39.5 Å². The first-order valence-corrected chi connectivity index (χ1v) is 5.69. The molecule has 0 saturated carbocycles. The molecule has 17 heavy (non-hydrogen) atoms. The summed E-state index contributed by atoms with van der Waals surface area (Å²) in [5.74, 6) is 0.393. The standard InChI is InChI=1S/C11H10BrN3O2/c12-9-2-1-7(5-10(9)13)11(16)14-6-8-3-4-15-17-8/h1-5H,6,13H2,(H,14,16). The van der Waals surface area contributed by atoms with Gasteiger partial charge < -0.3 is 15.6 Å². The number of nitrogen functional groups attached to an aromatic ring is 1. The van der Waals surface area contributed by atoms with Gasteiger partial charge in [-0.3, -0.25) is 4.79 Å². The molecule has 0 radical (unpaired) electrons. The van der Waals surface area contributed by atoms with Crippen LogP contribution in [0.4, 0.5) is 5.69 Å². The average molecular weight is 296 g/mol. The van der Waals surface area contributed by atoms with Crippen molar-refractivity contribution in [2.75, 3.05) is 5.73 Å². The van der Waals surface area contributed by atoms with Gasteiger partial charge in [-0.05, 0) is 34.1 Å². The fraction of sp³-hybridized carbons (Fsp3) is 0.0909. The molecule has 0 unspecified atom stereocenters. The van der Waals surface area contributed by atoms with Crippen molar-refractivity contribution in [3.05, 3.63) is 46.3 Å². The van der Waals surface area contributed by atoms with Crippen molar-refractivity contribution in [2.24, 2.45) is 0 Å². The molecular formula is C11H10BrN3O2. The molecule has 1 aromatic carbocycles. The Bertz CT molecular complexity index is 526. The second-order valence-corrected chi connectivity index (χ2v) is 4.25. The van der Waals surface area contributed by atoms with Crippen molar-refractivity contribution in [1.82, 2.24) is 10.5 Å². The number of nitrogens with one attached hydrogen (secondary N) is 1. The summed E-state index contributed by atoms with van der Waals surface area (Å²) in [6, 6.07) is 6.73. The van der Waals surface area contributed by atoms with Crippen molar-refractivity contribution >= 4 is 27.5 Å². The highest BCUT2D eigenvalue weighted by atomic mass is 79.9. The van der Waals surface area contributed by atoms with E-state index < -0.39 is 0 Å². The molecule has 3 N–H and O–H groups in total. The number of hydrogen-bond acceptors (Lipinski definition) is 4. The van der Waals surface area contributed by atoms with Gasteiger partial charge in [0.15, 0.2) is 5.76 Å². The monoisotopic (exact) mass is 295 g/mol. The van der Waals surface area contributed by atoms with Gasteiger partial charge in [-0.2, -0.15) is 0 Å². The molecule has 0 aliphatic rings. The summed E-state index contributed by atoms with van der Waals surface area (Å²) in [4.78, 5) is 11.8.